The highest BCUT2D eigenvalue weighted by Crippen LogP contribution is 2.35. The second-order valence-electron chi connectivity index (χ2n) is 5.82. The predicted octanol–water partition coefficient (Wildman–Crippen LogP) is 4.20. The Hall–Kier alpha value is -0.890. The lowest BCUT2D eigenvalue weighted by atomic mass is 9.94. The summed E-state index contributed by atoms with van der Waals surface area (Å²) in [4.78, 5) is 3.52. The van der Waals surface area contributed by atoms with Crippen molar-refractivity contribution in [3.8, 4) is 0 Å². The van der Waals surface area contributed by atoms with Gasteiger partial charge in [0.2, 0.25) is 0 Å². The molecule has 1 aliphatic rings. The van der Waals surface area contributed by atoms with Crippen molar-refractivity contribution in [2.75, 3.05) is 6.54 Å². The maximum absolute atomic E-state index is 5.65. The quantitative estimate of drug-likeness (QED) is 0.684. The highest BCUT2D eigenvalue weighted by Gasteiger charge is 2.32. The van der Waals surface area contributed by atoms with Gasteiger partial charge in [0.25, 0.3) is 0 Å². The molecule has 0 aliphatic carbocycles. The lowest BCUT2D eigenvalue weighted by Crippen LogP contribution is -2.37. The van der Waals surface area contributed by atoms with Crippen LogP contribution in [0, 0.1) is 5.41 Å². The van der Waals surface area contributed by atoms with Crippen molar-refractivity contribution in [3.63, 3.8) is 0 Å². The maximum Gasteiger partial charge on any atom is 0.0838 e. The van der Waals surface area contributed by atoms with E-state index in [2.05, 4.69) is 56.0 Å². The summed E-state index contributed by atoms with van der Waals surface area (Å²) in [5, 5.41) is 0. The van der Waals surface area contributed by atoms with Crippen molar-refractivity contribution in [3.05, 3.63) is 35.9 Å². The normalized spacial score (nSPS) is 20.6. The van der Waals surface area contributed by atoms with E-state index < -0.39 is 0 Å². The molecule has 0 saturated carbocycles. The summed E-state index contributed by atoms with van der Waals surface area (Å²) >= 11 is 5.65. The summed E-state index contributed by atoms with van der Waals surface area (Å²) < 4.78 is 0. The highest BCUT2D eigenvalue weighted by molar-refractivity contribution is 7.80. The third-order valence-electron chi connectivity index (χ3n) is 3.34. The highest BCUT2D eigenvalue weighted by atomic mass is 32.1. The van der Waals surface area contributed by atoms with E-state index >= 15 is 0 Å². The van der Waals surface area contributed by atoms with E-state index in [1.165, 1.54) is 18.4 Å². The van der Waals surface area contributed by atoms with Gasteiger partial charge in [-0.05, 0) is 18.4 Å². The average molecular weight is 247 g/mol. The Balaban J connectivity index is 2.22. The number of benzene rings is 1. The maximum atomic E-state index is 5.65. The summed E-state index contributed by atoms with van der Waals surface area (Å²) in [6.07, 6.45) is 2.47. The third-order valence-corrected chi connectivity index (χ3v) is 4.19. The minimum Gasteiger partial charge on any atom is -0.359 e. The van der Waals surface area contributed by atoms with Crippen LogP contribution in [-0.4, -0.2) is 16.4 Å². The van der Waals surface area contributed by atoms with Gasteiger partial charge in [-0.1, -0.05) is 63.3 Å². The lowest BCUT2D eigenvalue weighted by molar-refractivity contribution is 0.364. The first-order valence-electron chi connectivity index (χ1n) is 6.36. The van der Waals surface area contributed by atoms with Crippen LogP contribution in [0.15, 0.2) is 30.3 Å². The first kappa shape index (κ1) is 12.6. The van der Waals surface area contributed by atoms with Crippen molar-refractivity contribution < 1.29 is 0 Å². The van der Waals surface area contributed by atoms with Crippen molar-refractivity contribution in [1.82, 2.24) is 4.90 Å². The van der Waals surface area contributed by atoms with Crippen LogP contribution in [-0.2, 0) is 0 Å². The fraction of sp³-hybridized carbons (Fsp3) is 0.533. The standard InChI is InChI=1S/C15H21NS/c1-15(2,3)14(17)16-11-7-10-13(16)12-8-5-4-6-9-12/h4-6,8-9,13H,7,10-11H2,1-3H3/t13-/m1/s1. The summed E-state index contributed by atoms with van der Waals surface area (Å²) in [6.45, 7) is 7.72. The molecule has 1 nitrogen and oxygen atoms in total. The summed E-state index contributed by atoms with van der Waals surface area (Å²) in [5.41, 5.74) is 1.49. The number of nitrogens with zero attached hydrogens (tertiary/aromatic N) is 1. The zero-order chi connectivity index (χ0) is 12.5. The van der Waals surface area contributed by atoms with E-state index in [4.69, 9.17) is 12.2 Å². The first-order chi connectivity index (χ1) is 8.00. The Bertz CT molecular complexity index is 391. The van der Waals surface area contributed by atoms with Gasteiger partial charge < -0.3 is 4.90 Å². The van der Waals surface area contributed by atoms with Gasteiger partial charge in [-0.25, -0.2) is 0 Å². The molecule has 0 radical (unpaired) electrons. The molecule has 2 heteroatoms. The van der Waals surface area contributed by atoms with Gasteiger partial charge in [0.05, 0.1) is 11.0 Å². The van der Waals surface area contributed by atoms with E-state index in [1.54, 1.807) is 0 Å². The van der Waals surface area contributed by atoms with Gasteiger partial charge in [-0.2, -0.15) is 0 Å². The molecule has 0 bridgehead atoms. The van der Waals surface area contributed by atoms with Crippen LogP contribution >= 0.6 is 12.2 Å². The van der Waals surface area contributed by atoms with Gasteiger partial charge in [0.1, 0.15) is 0 Å². The molecule has 0 N–H and O–H groups in total. The van der Waals surface area contributed by atoms with Crippen LogP contribution in [0.3, 0.4) is 0 Å². The van der Waals surface area contributed by atoms with Crippen LogP contribution in [0.4, 0.5) is 0 Å². The molecule has 1 aromatic carbocycles. The monoisotopic (exact) mass is 247 g/mol. The van der Waals surface area contributed by atoms with E-state index in [9.17, 15) is 0 Å². The number of hydrogen-bond donors (Lipinski definition) is 0. The third kappa shape index (κ3) is 2.68. The van der Waals surface area contributed by atoms with Crippen LogP contribution in [0.5, 0.6) is 0 Å². The molecule has 2 rings (SSSR count). The van der Waals surface area contributed by atoms with E-state index in [0.29, 0.717) is 6.04 Å². The molecule has 92 valence electrons. The number of likely N-dealkylation sites (tertiary alicyclic amines) is 1. The Morgan fingerprint density at radius 3 is 2.47 bits per heavy atom. The summed E-state index contributed by atoms with van der Waals surface area (Å²) in [5.74, 6) is 0. The molecule has 1 fully saturated rings. The lowest BCUT2D eigenvalue weighted by Gasteiger charge is -2.34. The van der Waals surface area contributed by atoms with E-state index in [1.807, 2.05) is 0 Å². The fourth-order valence-electron chi connectivity index (χ4n) is 2.46. The van der Waals surface area contributed by atoms with Gasteiger partial charge in [-0.15, -0.1) is 0 Å². The molecule has 1 aromatic rings. The number of hydrogen-bond acceptors (Lipinski definition) is 1. The minimum atomic E-state index is 0.0900. The zero-order valence-corrected chi connectivity index (χ0v) is 11.8. The largest absolute Gasteiger partial charge is 0.359 e. The molecular weight excluding hydrogens is 226 g/mol. The van der Waals surface area contributed by atoms with Gasteiger partial charge >= 0.3 is 0 Å². The number of thiocarbonyl (C=S) groups is 1. The second-order valence-corrected chi connectivity index (χ2v) is 6.20. The van der Waals surface area contributed by atoms with Crippen LogP contribution in [0.25, 0.3) is 0 Å². The molecule has 0 unspecified atom stereocenters. The smallest absolute Gasteiger partial charge is 0.0838 e. The van der Waals surface area contributed by atoms with Crippen molar-refractivity contribution in [1.29, 1.82) is 0 Å². The summed E-state index contributed by atoms with van der Waals surface area (Å²) in [6, 6.07) is 11.2. The van der Waals surface area contributed by atoms with Crippen molar-refractivity contribution in [2.45, 2.75) is 39.7 Å². The first-order valence-corrected chi connectivity index (χ1v) is 6.77. The van der Waals surface area contributed by atoms with Crippen molar-refractivity contribution in [2.24, 2.45) is 5.41 Å². The van der Waals surface area contributed by atoms with E-state index in [0.717, 1.165) is 11.5 Å². The SMILES string of the molecule is CC(C)(C)C(=S)N1CCC[C@@H]1c1ccccc1. The Kier molecular flexibility index (Phi) is 3.53. The predicted molar refractivity (Wildman–Crippen MR) is 77.2 cm³/mol. The Labute approximate surface area is 110 Å². The Morgan fingerprint density at radius 2 is 1.88 bits per heavy atom. The van der Waals surface area contributed by atoms with Gasteiger partial charge in [-0.3, -0.25) is 0 Å². The zero-order valence-electron chi connectivity index (χ0n) is 10.9. The Morgan fingerprint density at radius 1 is 1.24 bits per heavy atom. The molecular formula is C15H21NS. The fourth-order valence-corrected chi connectivity index (χ4v) is 2.68. The topological polar surface area (TPSA) is 3.24 Å². The van der Waals surface area contributed by atoms with Gasteiger partial charge in [0.15, 0.2) is 0 Å². The summed E-state index contributed by atoms with van der Waals surface area (Å²) in [7, 11) is 0. The van der Waals surface area contributed by atoms with E-state index in [-0.39, 0.29) is 5.41 Å². The molecule has 1 saturated heterocycles. The molecule has 1 atom stereocenters. The second kappa shape index (κ2) is 4.77. The molecule has 17 heavy (non-hydrogen) atoms. The molecule has 0 amide bonds. The molecule has 1 heterocycles. The molecule has 1 aliphatic heterocycles. The van der Waals surface area contributed by atoms with Gasteiger partial charge in [0, 0.05) is 12.0 Å². The van der Waals surface area contributed by atoms with Crippen LogP contribution in [0.1, 0.15) is 45.2 Å². The minimum absolute atomic E-state index is 0.0900. The number of rotatable bonds is 1. The molecule has 0 aromatic heterocycles. The molecule has 0 spiro atoms. The van der Waals surface area contributed by atoms with Crippen LogP contribution < -0.4 is 0 Å². The average Bonchev–Trinajstić information content (AvgIpc) is 2.76. The van der Waals surface area contributed by atoms with Crippen molar-refractivity contribution >= 4 is 17.2 Å². The van der Waals surface area contributed by atoms with Crippen LogP contribution in [0.2, 0.25) is 0 Å².